The van der Waals surface area contributed by atoms with Crippen molar-refractivity contribution in [1.82, 2.24) is 5.32 Å². The molecule has 0 amide bonds. The molecule has 1 aromatic heterocycles. The Morgan fingerprint density at radius 3 is 3.17 bits per heavy atom. The highest BCUT2D eigenvalue weighted by molar-refractivity contribution is 7.98. The second kappa shape index (κ2) is 6.52. The van der Waals surface area contributed by atoms with Crippen molar-refractivity contribution in [2.24, 2.45) is 0 Å². The first-order valence-electron chi connectivity index (χ1n) is 4.14. The van der Waals surface area contributed by atoms with Crippen LogP contribution < -0.4 is 5.32 Å². The third kappa shape index (κ3) is 4.14. The first-order chi connectivity index (χ1) is 5.93. The third-order valence-electron chi connectivity index (χ3n) is 1.61. The molecule has 1 aromatic rings. The van der Waals surface area contributed by atoms with Crippen molar-refractivity contribution in [2.45, 2.75) is 13.0 Å². The van der Waals surface area contributed by atoms with Gasteiger partial charge in [-0.2, -0.15) is 23.1 Å². The van der Waals surface area contributed by atoms with Gasteiger partial charge in [-0.05, 0) is 47.4 Å². The summed E-state index contributed by atoms with van der Waals surface area (Å²) in [6, 6.07) is 2.17. The molecular weight excluding hydrogens is 186 g/mol. The van der Waals surface area contributed by atoms with Crippen molar-refractivity contribution >= 4 is 23.1 Å². The Bertz CT molecular complexity index is 184. The minimum atomic E-state index is 1.03. The molecule has 0 aliphatic heterocycles. The molecule has 0 unspecified atom stereocenters. The van der Waals surface area contributed by atoms with Crippen molar-refractivity contribution in [2.75, 3.05) is 18.6 Å². The van der Waals surface area contributed by atoms with Crippen LogP contribution >= 0.6 is 23.1 Å². The average molecular weight is 201 g/mol. The molecule has 68 valence electrons. The van der Waals surface area contributed by atoms with Gasteiger partial charge in [0, 0.05) is 6.54 Å². The highest BCUT2D eigenvalue weighted by atomic mass is 32.2. The summed E-state index contributed by atoms with van der Waals surface area (Å²) in [5.41, 5.74) is 1.41. The molecule has 1 nitrogen and oxygen atoms in total. The van der Waals surface area contributed by atoms with Gasteiger partial charge >= 0.3 is 0 Å². The predicted octanol–water partition coefficient (Wildman–Crippen LogP) is 2.59. The normalized spacial score (nSPS) is 10.4. The molecule has 0 atom stereocenters. The van der Waals surface area contributed by atoms with Crippen LogP contribution in [0.1, 0.15) is 12.0 Å². The molecule has 0 aromatic carbocycles. The van der Waals surface area contributed by atoms with Gasteiger partial charge < -0.3 is 5.32 Å². The summed E-state index contributed by atoms with van der Waals surface area (Å²) in [6.45, 7) is 2.16. The first-order valence-corrected chi connectivity index (χ1v) is 6.48. The van der Waals surface area contributed by atoms with Gasteiger partial charge in [-0.1, -0.05) is 0 Å². The number of hydrogen-bond donors (Lipinski definition) is 1. The van der Waals surface area contributed by atoms with Crippen molar-refractivity contribution in [3.05, 3.63) is 22.4 Å². The monoisotopic (exact) mass is 201 g/mol. The van der Waals surface area contributed by atoms with E-state index in [1.54, 1.807) is 11.3 Å². The maximum absolute atomic E-state index is 3.42. The summed E-state index contributed by atoms with van der Waals surface area (Å²) in [5.74, 6) is 1.26. The molecule has 1 rings (SSSR count). The molecule has 0 spiro atoms. The molecule has 12 heavy (non-hydrogen) atoms. The van der Waals surface area contributed by atoms with E-state index >= 15 is 0 Å². The molecule has 3 heteroatoms. The van der Waals surface area contributed by atoms with E-state index in [9.17, 15) is 0 Å². The minimum absolute atomic E-state index is 1.03. The Morgan fingerprint density at radius 1 is 1.58 bits per heavy atom. The van der Waals surface area contributed by atoms with E-state index in [1.807, 2.05) is 11.8 Å². The summed E-state index contributed by atoms with van der Waals surface area (Å²) in [4.78, 5) is 0. The van der Waals surface area contributed by atoms with E-state index in [-0.39, 0.29) is 0 Å². The van der Waals surface area contributed by atoms with Gasteiger partial charge in [-0.25, -0.2) is 0 Å². The third-order valence-corrected chi connectivity index (χ3v) is 3.04. The summed E-state index contributed by atoms with van der Waals surface area (Å²) < 4.78 is 0. The number of thioether (sulfide) groups is 1. The van der Waals surface area contributed by atoms with Gasteiger partial charge in [0.05, 0.1) is 0 Å². The SMILES string of the molecule is CSCCCNCc1ccsc1. The molecule has 0 saturated carbocycles. The van der Waals surface area contributed by atoms with Crippen LogP contribution in [0.25, 0.3) is 0 Å². The maximum Gasteiger partial charge on any atom is 0.0213 e. The zero-order valence-electron chi connectivity index (χ0n) is 7.38. The molecule has 0 aliphatic rings. The lowest BCUT2D eigenvalue weighted by Crippen LogP contribution is -2.14. The molecule has 0 fully saturated rings. The van der Waals surface area contributed by atoms with E-state index in [4.69, 9.17) is 0 Å². The highest BCUT2D eigenvalue weighted by Crippen LogP contribution is 2.04. The fraction of sp³-hybridized carbons (Fsp3) is 0.556. The van der Waals surface area contributed by atoms with Gasteiger partial charge in [0.1, 0.15) is 0 Å². The minimum Gasteiger partial charge on any atom is -0.313 e. The fourth-order valence-corrected chi connectivity index (χ4v) is 2.07. The molecule has 1 N–H and O–H groups in total. The Labute approximate surface area is 82.6 Å². The molecule has 0 radical (unpaired) electrons. The van der Waals surface area contributed by atoms with Gasteiger partial charge in [-0.3, -0.25) is 0 Å². The number of nitrogens with one attached hydrogen (secondary N) is 1. The van der Waals surface area contributed by atoms with E-state index < -0.39 is 0 Å². The van der Waals surface area contributed by atoms with Crippen molar-refractivity contribution in [3.63, 3.8) is 0 Å². The molecule has 0 saturated heterocycles. The second-order valence-electron chi connectivity index (χ2n) is 2.65. The lowest BCUT2D eigenvalue weighted by atomic mass is 10.3. The smallest absolute Gasteiger partial charge is 0.0213 e. The van der Waals surface area contributed by atoms with Gasteiger partial charge in [-0.15, -0.1) is 0 Å². The summed E-state index contributed by atoms with van der Waals surface area (Å²) in [7, 11) is 0. The second-order valence-corrected chi connectivity index (χ2v) is 4.42. The quantitative estimate of drug-likeness (QED) is 0.710. The largest absolute Gasteiger partial charge is 0.313 e. The molecule has 0 bridgehead atoms. The highest BCUT2D eigenvalue weighted by Gasteiger charge is 1.91. The lowest BCUT2D eigenvalue weighted by Gasteiger charge is -2.01. The van der Waals surface area contributed by atoms with E-state index in [0.717, 1.165) is 13.1 Å². The Hall–Kier alpha value is 0.01000. The van der Waals surface area contributed by atoms with Crippen LogP contribution in [-0.4, -0.2) is 18.6 Å². The topological polar surface area (TPSA) is 12.0 Å². The summed E-state index contributed by atoms with van der Waals surface area (Å²) in [6.07, 6.45) is 3.42. The van der Waals surface area contributed by atoms with E-state index in [0.29, 0.717) is 0 Å². The van der Waals surface area contributed by atoms with Crippen LogP contribution in [0, 0.1) is 0 Å². The first kappa shape index (κ1) is 10.1. The standard InChI is InChI=1S/C9H15NS2/c1-11-5-2-4-10-7-9-3-6-12-8-9/h3,6,8,10H,2,4-5,7H2,1H3. The van der Waals surface area contributed by atoms with E-state index in [1.165, 1.54) is 17.7 Å². The predicted molar refractivity (Wildman–Crippen MR) is 59.0 cm³/mol. The number of rotatable bonds is 6. The molecule has 0 aliphatic carbocycles. The van der Waals surface area contributed by atoms with Crippen LogP contribution in [0.5, 0.6) is 0 Å². The Balaban J connectivity index is 1.96. The van der Waals surface area contributed by atoms with Crippen LogP contribution in [-0.2, 0) is 6.54 Å². The summed E-state index contributed by atoms with van der Waals surface area (Å²) >= 11 is 3.68. The maximum atomic E-state index is 3.42. The Kier molecular flexibility index (Phi) is 5.48. The van der Waals surface area contributed by atoms with E-state index in [2.05, 4.69) is 28.4 Å². The average Bonchev–Trinajstić information content (AvgIpc) is 2.57. The molecule has 1 heterocycles. The summed E-state index contributed by atoms with van der Waals surface area (Å²) in [5, 5.41) is 7.74. The van der Waals surface area contributed by atoms with Gasteiger partial charge in [0.15, 0.2) is 0 Å². The van der Waals surface area contributed by atoms with Gasteiger partial charge in [0.2, 0.25) is 0 Å². The van der Waals surface area contributed by atoms with Crippen LogP contribution in [0.15, 0.2) is 16.8 Å². The number of hydrogen-bond acceptors (Lipinski definition) is 3. The van der Waals surface area contributed by atoms with Crippen LogP contribution in [0.3, 0.4) is 0 Å². The lowest BCUT2D eigenvalue weighted by molar-refractivity contribution is 0.680. The zero-order chi connectivity index (χ0) is 8.65. The van der Waals surface area contributed by atoms with Crippen LogP contribution in [0.2, 0.25) is 0 Å². The Morgan fingerprint density at radius 2 is 2.50 bits per heavy atom. The zero-order valence-corrected chi connectivity index (χ0v) is 9.01. The van der Waals surface area contributed by atoms with Crippen molar-refractivity contribution in [3.8, 4) is 0 Å². The van der Waals surface area contributed by atoms with Gasteiger partial charge in [0.25, 0.3) is 0 Å². The number of thiophene rings is 1. The fourth-order valence-electron chi connectivity index (χ4n) is 0.967. The molecular formula is C9H15NS2. The van der Waals surface area contributed by atoms with Crippen molar-refractivity contribution in [1.29, 1.82) is 0 Å². The van der Waals surface area contributed by atoms with Crippen molar-refractivity contribution < 1.29 is 0 Å². The van der Waals surface area contributed by atoms with Crippen LogP contribution in [0.4, 0.5) is 0 Å².